The lowest BCUT2D eigenvalue weighted by Crippen LogP contribution is -2.49. The van der Waals surface area contributed by atoms with E-state index in [0.717, 1.165) is 22.3 Å². The van der Waals surface area contributed by atoms with Gasteiger partial charge >= 0.3 is 5.97 Å². The monoisotopic (exact) mass is 338 g/mol. The molecular formula is C19H18N2O4. The maximum atomic E-state index is 12.1. The zero-order valence-corrected chi connectivity index (χ0v) is 13.7. The van der Waals surface area contributed by atoms with E-state index in [4.69, 9.17) is 5.73 Å². The predicted octanol–water partition coefficient (Wildman–Crippen LogP) is 1.33. The average molecular weight is 338 g/mol. The number of nitrogens with two attached hydrogens (primary N) is 1. The number of esters is 1. The average Bonchev–Trinajstić information content (AvgIpc) is 2.92. The van der Waals surface area contributed by atoms with E-state index < -0.39 is 30.4 Å². The second kappa shape index (κ2) is 6.76. The molecule has 128 valence electrons. The molecule has 2 amide bonds. The summed E-state index contributed by atoms with van der Waals surface area (Å²) in [6.45, 7) is 0.761. The Kier molecular flexibility index (Phi) is 4.52. The summed E-state index contributed by atoms with van der Waals surface area (Å²) >= 11 is 0. The number of amides is 2. The Morgan fingerprint density at radius 1 is 1.04 bits per heavy atom. The van der Waals surface area contributed by atoms with Gasteiger partial charge in [0.25, 0.3) is 5.91 Å². The largest absolute Gasteiger partial charge is 0.456 e. The van der Waals surface area contributed by atoms with Crippen LogP contribution in [0.3, 0.4) is 0 Å². The molecule has 2 aromatic rings. The molecule has 1 atom stereocenters. The Morgan fingerprint density at radius 3 is 2.04 bits per heavy atom. The molecule has 3 N–H and O–H groups in total. The van der Waals surface area contributed by atoms with E-state index in [9.17, 15) is 14.4 Å². The van der Waals surface area contributed by atoms with Crippen molar-refractivity contribution in [3.05, 3.63) is 59.7 Å². The highest BCUT2D eigenvalue weighted by Gasteiger charge is 2.37. The number of ether oxygens (including phenoxy) is 1. The zero-order chi connectivity index (χ0) is 18.0. The highest BCUT2D eigenvalue weighted by atomic mass is 16.5. The molecule has 25 heavy (non-hydrogen) atoms. The molecule has 1 aliphatic rings. The Morgan fingerprint density at radius 2 is 1.56 bits per heavy atom. The van der Waals surface area contributed by atoms with Crippen LogP contribution in [-0.2, 0) is 19.1 Å². The Hall–Kier alpha value is -3.15. The maximum Gasteiger partial charge on any atom is 0.303 e. The molecule has 0 saturated heterocycles. The molecule has 3 rings (SSSR count). The smallest absolute Gasteiger partial charge is 0.303 e. The number of benzene rings is 2. The number of primary amides is 1. The summed E-state index contributed by atoms with van der Waals surface area (Å²) in [6, 6.07) is 14.5. The summed E-state index contributed by atoms with van der Waals surface area (Å²) < 4.78 is 4.68. The molecule has 1 aliphatic carbocycles. The van der Waals surface area contributed by atoms with E-state index in [1.165, 1.54) is 6.92 Å². The van der Waals surface area contributed by atoms with Crippen LogP contribution in [0.4, 0.5) is 0 Å². The van der Waals surface area contributed by atoms with Crippen LogP contribution >= 0.6 is 0 Å². The van der Waals surface area contributed by atoms with Crippen molar-refractivity contribution in [3.8, 4) is 11.1 Å². The lowest BCUT2D eigenvalue weighted by molar-refractivity contribution is -0.146. The molecule has 0 spiro atoms. The second-order valence-corrected chi connectivity index (χ2v) is 5.88. The normalized spacial score (nSPS) is 13.5. The Labute approximate surface area is 145 Å². The van der Waals surface area contributed by atoms with Gasteiger partial charge in [0.1, 0.15) is 6.04 Å². The standard InChI is InChI=1S/C19H18N2O4/c1-11(22)25-10-16(23)21-18(19(20)24)17-14-8-4-2-6-12(14)13-7-3-5-9-15(13)17/h2-9,17-18H,10H2,1H3,(H2,20,24)(H,21,23)/t18-/m0/s1. The minimum absolute atomic E-state index is 0.383. The van der Waals surface area contributed by atoms with Crippen molar-refractivity contribution in [2.45, 2.75) is 18.9 Å². The molecule has 0 unspecified atom stereocenters. The van der Waals surface area contributed by atoms with Crippen LogP contribution in [0.1, 0.15) is 24.0 Å². The third kappa shape index (κ3) is 3.24. The fraction of sp³-hybridized carbons (Fsp3) is 0.211. The van der Waals surface area contributed by atoms with Gasteiger partial charge in [-0.15, -0.1) is 0 Å². The van der Waals surface area contributed by atoms with E-state index in [2.05, 4.69) is 10.1 Å². The number of carbonyl (C=O) groups excluding carboxylic acids is 3. The van der Waals surface area contributed by atoms with Gasteiger partial charge in [-0.3, -0.25) is 14.4 Å². The highest BCUT2D eigenvalue weighted by molar-refractivity contribution is 5.91. The first kappa shape index (κ1) is 16.7. The molecule has 6 nitrogen and oxygen atoms in total. The van der Waals surface area contributed by atoms with Crippen molar-refractivity contribution in [3.63, 3.8) is 0 Å². The van der Waals surface area contributed by atoms with Crippen LogP contribution in [-0.4, -0.2) is 30.4 Å². The summed E-state index contributed by atoms with van der Waals surface area (Å²) in [6.07, 6.45) is 0. The first-order valence-corrected chi connectivity index (χ1v) is 7.89. The lowest BCUT2D eigenvalue weighted by Gasteiger charge is -2.24. The van der Waals surface area contributed by atoms with Crippen LogP contribution in [0.15, 0.2) is 48.5 Å². The van der Waals surface area contributed by atoms with Crippen LogP contribution in [0.25, 0.3) is 11.1 Å². The number of rotatable bonds is 5. The summed E-state index contributed by atoms with van der Waals surface area (Å²) in [5, 5.41) is 2.60. The molecule has 0 bridgehead atoms. The summed E-state index contributed by atoms with van der Waals surface area (Å²) in [4.78, 5) is 35.0. The fourth-order valence-corrected chi connectivity index (χ4v) is 3.25. The number of hydrogen-bond donors (Lipinski definition) is 2. The lowest BCUT2D eigenvalue weighted by atomic mass is 9.89. The number of carbonyl (C=O) groups is 3. The first-order chi connectivity index (χ1) is 12.0. The van der Waals surface area contributed by atoms with Gasteiger partial charge in [0.15, 0.2) is 6.61 Å². The van der Waals surface area contributed by atoms with Crippen LogP contribution in [0.2, 0.25) is 0 Å². The third-order valence-electron chi connectivity index (χ3n) is 4.24. The number of fused-ring (bicyclic) bond motifs is 3. The molecular weight excluding hydrogens is 320 g/mol. The zero-order valence-electron chi connectivity index (χ0n) is 13.7. The number of nitrogens with one attached hydrogen (secondary N) is 1. The second-order valence-electron chi connectivity index (χ2n) is 5.88. The number of hydrogen-bond acceptors (Lipinski definition) is 4. The van der Waals surface area contributed by atoms with Crippen molar-refractivity contribution in [1.29, 1.82) is 0 Å². The predicted molar refractivity (Wildman–Crippen MR) is 91.5 cm³/mol. The minimum Gasteiger partial charge on any atom is -0.456 e. The van der Waals surface area contributed by atoms with E-state index in [1.54, 1.807) is 0 Å². The van der Waals surface area contributed by atoms with E-state index in [1.807, 2.05) is 48.5 Å². The SMILES string of the molecule is CC(=O)OCC(=O)N[C@H](C(N)=O)C1c2ccccc2-c2ccccc21. The molecule has 0 aromatic heterocycles. The van der Waals surface area contributed by atoms with Gasteiger partial charge < -0.3 is 15.8 Å². The third-order valence-corrected chi connectivity index (χ3v) is 4.24. The molecule has 0 radical (unpaired) electrons. The van der Waals surface area contributed by atoms with Crippen molar-refractivity contribution in [2.75, 3.05) is 6.61 Å². The van der Waals surface area contributed by atoms with E-state index in [0.29, 0.717) is 0 Å². The van der Waals surface area contributed by atoms with Gasteiger partial charge in [-0.25, -0.2) is 0 Å². The van der Waals surface area contributed by atoms with Crippen molar-refractivity contribution >= 4 is 17.8 Å². The van der Waals surface area contributed by atoms with Crippen LogP contribution < -0.4 is 11.1 Å². The van der Waals surface area contributed by atoms with Crippen molar-refractivity contribution in [1.82, 2.24) is 5.32 Å². The van der Waals surface area contributed by atoms with Crippen LogP contribution in [0.5, 0.6) is 0 Å². The van der Waals surface area contributed by atoms with Crippen molar-refractivity contribution in [2.24, 2.45) is 5.73 Å². The highest BCUT2D eigenvalue weighted by Crippen LogP contribution is 2.46. The molecule has 2 aromatic carbocycles. The van der Waals surface area contributed by atoms with Gasteiger partial charge in [0.2, 0.25) is 5.91 Å². The van der Waals surface area contributed by atoms with Crippen LogP contribution in [0, 0.1) is 0 Å². The summed E-state index contributed by atoms with van der Waals surface area (Å²) in [5.41, 5.74) is 9.47. The van der Waals surface area contributed by atoms with Gasteiger partial charge in [-0.05, 0) is 22.3 Å². The molecule has 0 fully saturated rings. The first-order valence-electron chi connectivity index (χ1n) is 7.89. The molecule has 0 heterocycles. The van der Waals surface area contributed by atoms with E-state index >= 15 is 0 Å². The fourth-order valence-electron chi connectivity index (χ4n) is 3.25. The van der Waals surface area contributed by atoms with E-state index in [-0.39, 0.29) is 5.92 Å². The quantitative estimate of drug-likeness (QED) is 0.804. The minimum atomic E-state index is -0.937. The van der Waals surface area contributed by atoms with Gasteiger partial charge in [0, 0.05) is 12.8 Å². The Balaban J connectivity index is 1.95. The van der Waals surface area contributed by atoms with Crippen molar-refractivity contribution < 1.29 is 19.1 Å². The van der Waals surface area contributed by atoms with Gasteiger partial charge in [-0.2, -0.15) is 0 Å². The summed E-state index contributed by atoms with van der Waals surface area (Å²) in [5.74, 6) is -2.16. The van der Waals surface area contributed by atoms with Gasteiger partial charge in [0.05, 0.1) is 0 Å². The van der Waals surface area contributed by atoms with Gasteiger partial charge in [-0.1, -0.05) is 48.5 Å². The molecule has 0 saturated carbocycles. The summed E-state index contributed by atoms with van der Waals surface area (Å²) in [7, 11) is 0. The topological polar surface area (TPSA) is 98.5 Å². The maximum absolute atomic E-state index is 12.1. The molecule has 0 aliphatic heterocycles. The Bertz CT molecular complexity index is 801. The molecule has 6 heteroatoms.